The van der Waals surface area contributed by atoms with Gasteiger partial charge in [-0.1, -0.05) is 32.4 Å². The molecule has 0 aliphatic carbocycles. The maximum absolute atomic E-state index is 13.7. The lowest BCUT2D eigenvalue weighted by molar-refractivity contribution is -0.757. The van der Waals surface area contributed by atoms with Crippen molar-refractivity contribution in [1.29, 1.82) is 0 Å². The minimum absolute atomic E-state index is 0.120. The Labute approximate surface area is 214 Å². The second-order valence-corrected chi connectivity index (χ2v) is 9.23. The fourth-order valence-corrected chi connectivity index (χ4v) is 3.66. The summed E-state index contributed by atoms with van der Waals surface area (Å²) in [5, 5.41) is 9.36. The second kappa shape index (κ2) is 11.7. The molecular weight excluding hydrogens is 529 g/mol. The molecule has 0 spiro atoms. The molecule has 0 radical (unpaired) electrons. The van der Waals surface area contributed by atoms with Gasteiger partial charge in [-0.25, -0.2) is 4.79 Å². The summed E-state index contributed by atoms with van der Waals surface area (Å²) in [5.41, 5.74) is -0.716. The number of esters is 2. The Morgan fingerprint density at radius 1 is 1.19 bits per heavy atom. The summed E-state index contributed by atoms with van der Waals surface area (Å²) in [6.45, 7) is 3.98. The molecule has 204 valence electrons. The van der Waals surface area contributed by atoms with Crippen molar-refractivity contribution in [3.8, 4) is 5.75 Å². The molecule has 1 unspecified atom stereocenters. The number of rotatable bonds is 9. The maximum Gasteiger partial charge on any atom is 0.430 e. The minimum atomic E-state index is -4.98. The number of hydrogen-bond donors (Lipinski definition) is 0. The number of benzene rings is 1. The van der Waals surface area contributed by atoms with Gasteiger partial charge in [0.15, 0.2) is 0 Å². The van der Waals surface area contributed by atoms with Crippen LogP contribution in [0.3, 0.4) is 0 Å². The van der Waals surface area contributed by atoms with Crippen LogP contribution in [0.4, 0.5) is 13.2 Å². The van der Waals surface area contributed by atoms with Gasteiger partial charge in [-0.15, -0.1) is 10.1 Å². The van der Waals surface area contributed by atoms with E-state index in [1.807, 2.05) is 20.8 Å². The molecule has 11 nitrogen and oxygen atoms in total. The van der Waals surface area contributed by atoms with Crippen molar-refractivity contribution in [1.82, 2.24) is 4.90 Å². The van der Waals surface area contributed by atoms with Crippen LogP contribution in [-0.4, -0.2) is 66.6 Å². The van der Waals surface area contributed by atoms with Crippen molar-refractivity contribution >= 4 is 35.5 Å². The smallest absolute Gasteiger partial charge is 0.430 e. The zero-order valence-corrected chi connectivity index (χ0v) is 21.0. The van der Waals surface area contributed by atoms with Crippen molar-refractivity contribution in [3.63, 3.8) is 0 Å². The van der Waals surface area contributed by atoms with Gasteiger partial charge in [0.1, 0.15) is 18.9 Å². The summed E-state index contributed by atoms with van der Waals surface area (Å²) in [5.74, 6) is -3.30. The predicted octanol–water partition coefficient (Wildman–Crippen LogP) is 3.44. The summed E-state index contributed by atoms with van der Waals surface area (Å²) in [6.07, 6.45) is -6.69. The Morgan fingerprint density at radius 3 is 2.38 bits per heavy atom. The number of halogens is 4. The largest absolute Gasteiger partial charge is 0.475 e. The van der Waals surface area contributed by atoms with Gasteiger partial charge in [-0.05, 0) is 29.2 Å². The molecule has 0 bridgehead atoms. The average Bonchev–Trinajstić information content (AvgIpc) is 2.75. The van der Waals surface area contributed by atoms with E-state index in [0.29, 0.717) is 5.56 Å². The zero-order valence-electron chi connectivity index (χ0n) is 20.2. The maximum atomic E-state index is 13.7. The monoisotopic (exact) mass is 552 g/mol. The third-order valence-corrected chi connectivity index (χ3v) is 5.32. The first-order chi connectivity index (χ1) is 17.0. The van der Waals surface area contributed by atoms with Gasteiger partial charge >= 0.3 is 18.1 Å². The Bertz CT molecular complexity index is 1100. The van der Waals surface area contributed by atoms with E-state index in [-0.39, 0.29) is 22.9 Å². The lowest BCUT2D eigenvalue weighted by Crippen LogP contribution is -2.41. The molecule has 1 aromatic rings. The average molecular weight is 553 g/mol. The van der Waals surface area contributed by atoms with E-state index in [2.05, 4.69) is 14.3 Å². The zero-order chi connectivity index (χ0) is 28.1. The van der Waals surface area contributed by atoms with Crippen LogP contribution in [0, 0.1) is 10.1 Å². The van der Waals surface area contributed by atoms with Gasteiger partial charge in [0.05, 0.1) is 5.57 Å². The summed E-state index contributed by atoms with van der Waals surface area (Å²) in [7, 11) is 0. The van der Waals surface area contributed by atoms with Crippen LogP contribution in [0.1, 0.15) is 38.8 Å². The van der Waals surface area contributed by atoms with Crippen LogP contribution in [0.2, 0.25) is 5.02 Å². The molecule has 1 heterocycles. The van der Waals surface area contributed by atoms with Crippen LogP contribution < -0.4 is 4.74 Å². The van der Waals surface area contributed by atoms with Crippen molar-refractivity contribution in [2.45, 2.75) is 45.4 Å². The summed E-state index contributed by atoms with van der Waals surface area (Å²) >= 11 is 6.28. The highest BCUT2D eigenvalue weighted by atomic mass is 35.5. The lowest BCUT2D eigenvalue weighted by Gasteiger charge is -2.30. The van der Waals surface area contributed by atoms with E-state index in [4.69, 9.17) is 16.3 Å². The number of carbonyl (C=O) groups excluding carboxylic acids is 3. The summed E-state index contributed by atoms with van der Waals surface area (Å²) < 4.78 is 55.6. The minimum Gasteiger partial charge on any atom is -0.475 e. The van der Waals surface area contributed by atoms with Crippen LogP contribution in [-0.2, 0) is 34.1 Å². The Hall–Kier alpha value is -3.55. The first-order valence-electron chi connectivity index (χ1n) is 10.6. The summed E-state index contributed by atoms with van der Waals surface area (Å²) in [6, 6.07) is 2.75. The molecule has 0 saturated heterocycles. The van der Waals surface area contributed by atoms with Crippen LogP contribution in [0.15, 0.2) is 17.7 Å². The number of fused-ring (bicyclic) bond motifs is 1. The molecule has 0 aromatic heterocycles. The molecular formula is C22H24ClF3N2O9. The van der Waals surface area contributed by atoms with Crippen molar-refractivity contribution in [3.05, 3.63) is 44.0 Å². The lowest BCUT2D eigenvalue weighted by atomic mass is 9.85. The fourth-order valence-electron chi connectivity index (χ4n) is 3.21. The fraction of sp³-hybridized carbons (Fsp3) is 0.500. The van der Waals surface area contributed by atoms with Gasteiger partial charge in [0.2, 0.25) is 18.8 Å². The van der Waals surface area contributed by atoms with Gasteiger partial charge in [-0.2, -0.15) is 13.2 Å². The molecule has 0 N–H and O–H groups in total. The molecule has 0 saturated carbocycles. The molecule has 1 aromatic carbocycles. The topological polar surface area (TPSA) is 135 Å². The number of carbonyl (C=O) groups is 3. The highest BCUT2D eigenvalue weighted by Gasteiger charge is 2.49. The van der Waals surface area contributed by atoms with E-state index in [1.54, 1.807) is 0 Å². The van der Waals surface area contributed by atoms with Crippen molar-refractivity contribution in [2.75, 3.05) is 26.5 Å². The Kier molecular flexibility index (Phi) is 9.36. The predicted molar refractivity (Wildman–Crippen MR) is 121 cm³/mol. The third-order valence-electron chi connectivity index (χ3n) is 5.01. The number of nitrogens with zero attached hydrogens (tertiary/aromatic N) is 2. The number of amides is 1. The molecule has 1 aliphatic rings. The number of hydrogen-bond acceptors (Lipinski definition) is 9. The highest BCUT2D eigenvalue weighted by molar-refractivity contribution is 6.31. The molecule has 1 amide bonds. The SMILES string of the molecule is CC(=O)N(CCO[N+](=O)[O-])CC(=O)OCOC(=O)C1=Cc2cc(Cl)c(C(C)(C)C)cc2OC1C(F)(F)F. The Balaban J connectivity index is 2.11. The van der Waals surface area contributed by atoms with E-state index in [0.717, 1.165) is 17.9 Å². The molecule has 37 heavy (non-hydrogen) atoms. The number of alkyl halides is 3. The molecule has 2 rings (SSSR count). The van der Waals surface area contributed by atoms with E-state index >= 15 is 0 Å². The summed E-state index contributed by atoms with van der Waals surface area (Å²) in [4.78, 5) is 51.0. The van der Waals surface area contributed by atoms with E-state index in [1.165, 1.54) is 12.1 Å². The van der Waals surface area contributed by atoms with Crippen LogP contribution in [0.5, 0.6) is 5.75 Å². The normalized spacial score (nSPS) is 15.0. The van der Waals surface area contributed by atoms with Crippen molar-refractivity contribution in [2.24, 2.45) is 0 Å². The first-order valence-corrected chi connectivity index (χ1v) is 11.0. The number of ether oxygens (including phenoxy) is 3. The third kappa shape index (κ3) is 8.23. The van der Waals surface area contributed by atoms with Crippen LogP contribution in [0.25, 0.3) is 6.08 Å². The molecule has 1 atom stereocenters. The van der Waals surface area contributed by atoms with Gasteiger partial charge < -0.3 is 23.9 Å². The highest BCUT2D eigenvalue weighted by Crippen LogP contribution is 2.42. The molecule has 0 fully saturated rings. The quantitative estimate of drug-likeness (QED) is 0.195. The van der Waals surface area contributed by atoms with Crippen LogP contribution >= 0.6 is 11.6 Å². The second-order valence-electron chi connectivity index (χ2n) is 8.82. The van der Waals surface area contributed by atoms with Crippen molar-refractivity contribution < 1.29 is 51.7 Å². The van der Waals surface area contributed by atoms with Gasteiger partial charge in [0.25, 0.3) is 5.09 Å². The first kappa shape index (κ1) is 29.7. The van der Waals surface area contributed by atoms with E-state index in [9.17, 15) is 37.7 Å². The molecule has 1 aliphatic heterocycles. The standard InChI is InChI=1S/C22H24ClF3N2O9/c1-12(29)27(5-6-36-28(32)33)10-18(30)34-11-35-20(31)14-7-13-8-16(23)15(21(2,3)4)9-17(13)37-19(14)22(24,25)26/h7-9,19H,5-6,10-11H2,1-4H3. The van der Waals surface area contributed by atoms with Gasteiger partial charge in [0, 0.05) is 24.1 Å². The molecule has 15 heteroatoms. The Morgan fingerprint density at radius 2 is 1.84 bits per heavy atom. The van der Waals surface area contributed by atoms with Gasteiger partial charge in [-0.3, -0.25) is 9.59 Å². The van der Waals surface area contributed by atoms with E-state index < -0.39 is 66.1 Å².